The lowest BCUT2D eigenvalue weighted by atomic mass is 9.33. The van der Waals surface area contributed by atoms with Crippen LogP contribution in [0.5, 0.6) is 0 Å². The molecule has 0 heterocycles. The van der Waals surface area contributed by atoms with E-state index in [-0.39, 0.29) is 39.1 Å². The van der Waals surface area contributed by atoms with Gasteiger partial charge in [0.1, 0.15) is 0 Å². The minimum atomic E-state index is -0.867. The van der Waals surface area contributed by atoms with E-state index in [1.165, 1.54) is 12.0 Å². The van der Waals surface area contributed by atoms with Crippen molar-refractivity contribution >= 4 is 5.97 Å². The number of hydrogen-bond acceptors (Lipinski definition) is 3. The molecule has 5 rings (SSSR count). The van der Waals surface area contributed by atoms with Gasteiger partial charge in [-0.3, -0.25) is 4.79 Å². The summed E-state index contributed by atoms with van der Waals surface area (Å²) in [6, 6.07) is 0. The molecule has 4 saturated carbocycles. The van der Waals surface area contributed by atoms with Crippen LogP contribution in [0.3, 0.4) is 0 Å². The summed E-state index contributed by atoms with van der Waals surface area (Å²) in [7, 11) is 0. The van der Waals surface area contributed by atoms with E-state index >= 15 is 0 Å². The molecule has 10 atom stereocenters. The first kappa shape index (κ1) is 24.8. The van der Waals surface area contributed by atoms with Crippen molar-refractivity contribution < 1.29 is 20.1 Å². The van der Waals surface area contributed by atoms with Crippen molar-refractivity contribution in [1.82, 2.24) is 0 Å². The number of allylic oxidation sites excluding steroid dienone is 2. The minimum absolute atomic E-state index is 0.0325. The van der Waals surface area contributed by atoms with Crippen LogP contribution in [0.25, 0.3) is 0 Å². The molecule has 4 fully saturated rings. The molecule has 0 saturated heterocycles. The fourth-order valence-electron chi connectivity index (χ4n) is 10.6. The lowest BCUT2D eigenvalue weighted by Crippen LogP contribution is -2.65. The van der Waals surface area contributed by atoms with E-state index in [0.29, 0.717) is 24.7 Å². The number of aliphatic hydroxyl groups is 2. The number of aliphatic hydroxyl groups excluding tert-OH is 2. The second kappa shape index (κ2) is 7.12. The van der Waals surface area contributed by atoms with Crippen LogP contribution in [-0.2, 0) is 4.79 Å². The van der Waals surface area contributed by atoms with E-state index in [9.17, 15) is 20.1 Å². The number of rotatable bonds is 1. The second-order valence-corrected chi connectivity index (χ2v) is 15.0. The highest BCUT2D eigenvalue weighted by Gasteiger charge is 2.69. The van der Waals surface area contributed by atoms with E-state index in [0.717, 1.165) is 38.5 Å². The molecule has 0 bridgehead atoms. The molecule has 4 heteroatoms. The van der Waals surface area contributed by atoms with Gasteiger partial charge in [0.15, 0.2) is 0 Å². The fourth-order valence-corrected chi connectivity index (χ4v) is 10.6. The van der Waals surface area contributed by atoms with Crippen LogP contribution in [0.2, 0.25) is 0 Å². The number of carboxylic acids is 1. The average molecular weight is 473 g/mol. The predicted molar refractivity (Wildman–Crippen MR) is 134 cm³/mol. The zero-order valence-corrected chi connectivity index (χ0v) is 22.6. The summed E-state index contributed by atoms with van der Waals surface area (Å²) in [5.41, 5.74) is 0.706. The van der Waals surface area contributed by atoms with Crippen molar-refractivity contribution in [2.45, 2.75) is 118 Å². The standard InChI is InChI=1S/C30H48O4/c1-25(2)20-10-13-30(7)21(28(20,5)12-11-22(25)31)9-8-18-19-16-26(3,24(33)34)17-23(32)27(19,4)14-15-29(18,30)6/h8,19-23,31-32H,9-17H2,1-7H3,(H,33,34)/t19-,20+,21-,22-,23+,26+,27-,28+,29-,30-/m1/s1. The maximum Gasteiger partial charge on any atom is 0.309 e. The Balaban J connectivity index is 1.59. The third-order valence-corrected chi connectivity index (χ3v) is 13.4. The monoisotopic (exact) mass is 472 g/mol. The van der Waals surface area contributed by atoms with Crippen LogP contribution in [0.15, 0.2) is 11.6 Å². The molecule has 0 amide bonds. The predicted octanol–water partition coefficient (Wildman–Crippen LogP) is 6.20. The number of hydrogen-bond donors (Lipinski definition) is 3. The van der Waals surface area contributed by atoms with Gasteiger partial charge in [-0.15, -0.1) is 0 Å². The molecule has 0 radical (unpaired) electrons. The van der Waals surface area contributed by atoms with Crippen LogP contribution in [0.1, 0.15) is 106 Å². The number of fused-ring (bicyclic) bond motifs is 7. The Morgan fingerprint density at radius 3 is 2.15 bits per heavy atom. The van der Waals surface area contributed by atoms with Crippen LogP contribution in [-0.4, -0.2) is 33.5 Å². The zero-order chi connectivity index (χ0) is 25.1. The van der Waals surface area contributed by atoms with Gasteiger partial charge in [0.05, 0.1) is 17.6 Å². The van der Waals surface area contributed by atoms with Gasteiger partial charge in [-0.2, -0.15) is 0 Å². The Kier molecular flexibility index (Phi) is 5.20. The van der Waals surface area contributed by atoms with E-state index in [1.54, 1.807) is 0 Å². The summed E-state index contributed by atoms with van der Waals surface area (Å²) in [5.74, 6) is 0.463. The maximum atomic E-state index is 12.3. The van der Waals surface area contributed by atoms with Crippen LogP contribution in [0, 0.1) is 50.2 Å². The maximum absolute atomic E-state index is 12.3. The van der Waals surface area contributed by atoms with Gasteiger partial charge in [-0.1, -0.05) is 53.2 Å². The third-order valence-electron chi connectivity index (χ3n) is 13.4. The van der Waals surface area contributed by atoms with Crippen molar-refractivity contribution in [2.75, 3.05) is 0 Å². The molecule has 0 unspecified atom stereocenters. The van der Waals surface area contributed by atoms with Gasteiger partial charge >= 0.3 is 5.97 Å². The summed E-state index contributed by atoms with van der Waals surface area (Å²) in [6.45, 7) is 16.2. The van der Waals surface area contributed by atoms with Gasteiger partial charge < -0.3 is 15.3 Å². The molecule has 3 N–H and O–H groups in total. The number of carbonyl (C=O) groups is 1. The fraction of sp³-hybridized carbons (Fsp3) is 0.900. The summed E-state index contributed by atoms with van der Waals surface area (Å²) in [6.07, 6.45) is 10.1. The van der Waals surface area contributed by atoms with Crippen LogP contribution < -0.4 is 0 Å². The summed E-state index contributed by atoms with van der Waals surface area (Å²) >= 11 is 0. The van der Waals surface area contributed by atoms with Gasteiger partial charge in [-0.25, -0.2) is 0 Å². The van der Waals surface area contributed by atoms with Crippen molar-refractivity contribution in [2.24, 2.45) is 50.2 Å². The highest BCUT2D eigenvalue weighted by molar-refractivity contribution is 5.74. The topological polar surface area (TPSA) is 77.8 Å². The lowest BCUT2D eigenvalue weighted by Gasteiger charge is -2.71. The van der Waals surface area contributed by atoms with Gasteiger partial charge in [0.2, 0.25) is 0 Å². The highest BCUT2D eigenvalue weighted by atomic mass is 16.4. The van der Waals surface area contributed by atoms with E-state index < -0.39 is 17.5 Å². The molecule has 0 spiro atoms. The molecule has 5 aliphatic carbocycles. The van der Waals surface area contributed by atoms with Crippen LogP contribution >= 0.6 is 0 Å². The lowest BCUT2D eigenvalue weighted by molar-refractivity contribution is -0.208. The van der Waals surface area contributed by atoms with Crippen molar-refractivity contribution in [3.8, 4) is 0 Å². The molecule has 0 aromatic carbocycles. The Hall–Kier alpha value is -0.870. The zero-order valence-electron chi connectivity index (χ0n) is 22.6. The second-order valence-electron chi connectivity index (χ2n) is 15.0. The summed E-state index contributed by atoms with van der Waals surface area (Å²) in [5, 5.41) is 32.2. The van der Waals surface area contributed by atoms with Gasteiger partial charge in [0.25, 0.3) is 0 Å². The smallest absolute Gasteiger partial charge is 0.309 e. The number of carboxylic acid groups (broad SMARTS) is 1. The largest absolute Gasteiger partial charge is 0.481 e. The molecule has 34 heavy (non-hydrogen) atoms. The Bertz CT molecular complexity index is 923. The average Bonchev–Trinajstić information content (AvgIpc) is 2.73. The van der Waals surface area contributed by atoms with Crippen LogP contribution in [0.4, 0.5) is 0 Å². The quantitative estimate of drug-likeness (QED) is 0.397. The normalized spacial score (nSPS) is 56.3. The molecule has 0 aromatic rings. The van der Waals surface area contributed by atoms with E-state index in [4.69, 9.17) is 0 Å². The Labute approximate surface area is 206 Å². The summed E-state index contributed by atoms with van der Waals surface area (Å²) in [4.78, 5) is 12.3. The minimum Gasteiger partial charge on any atom is -0.481 e. The molecule has 4 nitrogen and oxygen atoms in total. The SMILES string of the molecule is CC1(C)[C@H](O)CC[C@]2(C)[C@H]3CC=C4[C@H]5C[C@](C)(C(=O)O)C[C@H](O)[C@]5(C)CC[C@@]4(C)[C@]3(C)CC[C@@H]12. The van der Waals surface area contributed by atoms with E-state index in [2.05, 4.69) is 47.6 Å². The highest BCUT2D eigenvalue weighted by Crippen LogP contribution is 2.75. The Morgan fingerprint density at radius 1 is 0.824 bits per heavy atom. The van der Waals surface area contributed by atoms with Crippen molar-refractivity contribution in [3.05, 3.63) is 11.6 Å². The first-order valence-electron chi connectivity index (χ1n) is 13.9. The van der Waals surface area contributed by atoms with Gasteiger partial charge in [-0.05, 0) is 104 Å². The molecule has 0 aliphatic heterocycles. The Morgan fingerprint density at radius 2 is 1.50 bits per heavy atom. The first-order valence-corrected chi connectivity index (χ1v) is 13.9. The first-order chi connectivity index (χ1) is 15.6. The molecular weight excluding hydrogens is 424 g/mol. The van der Waals surface area contributed by atoms with E-state index in [1.807, 2.05) is 6.92 Å². The molecule has 5 aliphatic rings. The third kappa shape index (κ3) is 2.82. The molecule has 0 aromatic heterocycles. The van der Waals surface area contributed by atoms with Crippen molar-refractivity contribution in [1.29, 1.82) is 0 Å². The number of aliphatic carboxylic acids is 1. The van der Waals surface area contributed by atoms with Gasteiger partial charge in [0, 0.05) is 5.41 Å². The van der Waals surface area contributed by atoms with Crippen molar-refractivity contribution in [3.63, 3.8) is 0 Å². The molecule has 192 valence electrons. The summed E-state index contributed by atoms with van der Waals surface area (Å²) < 4.78 is 0. The molecular formula is C30H48O4.